The molecule has 1 atom stereocenters. The Morgan fingerprint density at radius 3 is 2.46 bits per heavy atom. The minimum Gasteiger partial charge on any atom is -0.341 e. The predicted octanol–water partition coefficient (Wildman–Crippen LogP) is 2.93. The molecule has 0 aromatic heterocycles. The van der Waals surface area contributed by atoms with Crippen LogP contribution in [-0.4, -0.2) is 60.5 Å². The highest BCUT2D eigenvalue weighted by atomic mass is 32.2. The summed E-state index contributed by atoms with van der Waals surface area (Å²) < 4.78 is 0. The predicted molar refractivity (Wildman–Crippen MR) is 97.5 cm³/mol. The number of nitrogens with zero attached hydrogens (tertiary/aromatic N) is 2. The van der Waals surface area contributed by atoms with Gasteiger partial charge in [-0.25, -0.2) is 0 Å². The van der Waals surface area contributed by atoms with Crippen molar-refractivity contribution >= 4 is 23.5 Å². The minimum absolute atomic E-state index is 0.0543. The molecular weight excluding hydrogens is 320 g/mol. The molecule has 5 heteroatoms. The smallest absolute Gasteiger partial charge is 0.236 e. The van der Waals surface area contributed by atoms with E-state index in [2.05, 4.69) is 4.90 Å². The van der Waals surface area contributed by atoms with Crippen molar-refractivity contribution in [2.75, 3.05) is 39.0 Å². The largest absolute Gasteiger partial charge is 0.341 e. The monoisotopic (exact) mass is 346 g/mol. The molecule has 2 heterocycles. The van der Waals surface area contributed by atoms with Gasteiger partial charge in [0.15, 0.2) is 5.78 Å². The second kappa shape index (κ2) is 8.17. The molecule has 4 nitrogen and oxygen atoms in total. The van der Waals surface area contributed by atoms with E-state index in [-0.39, 0.29) is 17.6 Å². The molecule has 1 amide bonds. The maximum atomic E-state index is 12.8. The summed E-state index contributed by atoms with van der Waals surface area (Å²) in [6, 6.07) is 7.83. The first-order valence-corrected chi connectivity index (χ1v) is 10.1. The Hall–Kier alpha value is -1.33. The van der Waals surface area contributed by atoms with Crippen LogP contribution < -0.4 is 0 Å². The summed E-state index contributed by atoms with van der Waals surface area (Å²) in [7, 11) is 0. The molecule has 3 rings (SSSR count). The SMILES string of the molecule is CSc1ccc(C(=O)[C@H]2CCCN(C(=O)CN3CCCC3)C2)cc1. The Balaban J connectivity index is 1.59. The zero-order valence-corrected chi connectivity index (χ0v) is 15.2. The van der Waals surface area contributed by atoms with Crippen LogP contribution in [0.4, 0.5) is 0 Å². The first-order valence-electron chi connectivity index (χ1n) is 8.86. The number of hydrogen-bond acceptors (Lipinski definition) is 4. The minimum atomic E-state index is -0.0543. The highest BCUT2D eigenvalue weighted by molar-refractivity contribution is 7.98. The zero-order valence-electron chi connectivity index (χ0n) is 14.4. The number of likely N-dealkylation sites (tertiary alicyclic amines) is 2. The van der Waals surface area contributed by atoms with E-state index in [9.17, 15) is 9.59 Å². The van der Waals surface area contributed by atoms with Gasteiger partial charge in [0.2, 0.25) is 5.91 Å². The number of ketones is 1. The number of hydrogen-bond donors (Lipinski definition) is 0. The van der Waals surface area contributed by atoms with Crippen molar-refractivity contribution in [3.8, 4) is 0 Å². The summed E-state index contributed by atoms with van der Waals surface area (Å²) >= 11 is 1.68. The van der Waals surface area contributed by atoms with Gasteiger partial charge < -0.3 is 4.90 Å². The van der Waals surface area contributed by atoms with Gasteiger partial charge >= 0.3 is 0 Å². The maximum absolute atomic E-state index is 12.8. The number of carbonyl (C=O) groups is 2. The lowest BCUT2D eigenvalue weighted by Crippen LogP contribution is -2.46. The molecule has 0 saturated carbocycles. The van der Waals surface area contributed by atoms with Crippen molar-refractivity contribution in [3.05, 3.63) is 29.8 Å². The molecule has 1 aromatic rings. The van der Waals surface area contributed by atoms with Gasteiger partial charge in [0.05, 0.1) is 6.54 Å². The summed E-state index contributed by atoms with van der Waals surface area (Å²) in [5.74, 6) is 0.315. The number of thioether (sulfide) groups is 1. The Morgan fingerprint density at radius 1 is 1.08 bits per heavy atom. The van der Waals surface area contributed by atoms with E-state index in [0.717, 1.165) is 42.9 Å². The highest BCUT2D eigenvalue weighted by Gasteiger charge is 2.29. The number of Topliss-reactive ketones (excluding diaryl/α,β-unsaturated/α-hetero) is 1. The van der Waals surface area contributed by atoms with E-state index in [4.69, 9.17) is 0 Å². The molecule has 24 heavy (non-hydrogen) atoms. The van der Waals surface area contributed by atoms with E-state index < -0.39 is 0 Å². The van der Waals surface area contributed by atoms with Crippen LogP contribution in [0, 0.1) is 5.92 Å². The van der Waals surface area contributed by atoms with Gasteiger partial charge in [-0.1, -0.05) is 12.1 Å². The zero-order chi connectivity index (χ0) is 16.9. The molecule has 2 fully saturated rings. The quantitative estimate of drug-likeness (QED) is 0.607. The summed E-state index contributed by atoms with van der Waals surface area (Å²) in [4.78, 5) is 30.6. The molecule has 0 bridgehead atoms. The second-order valence-electron chi connectivity index (χ2n) is 6.75. The van der Waals surface area contributed by atoms with Crippen LogP contribution in [0.5, 0.6) is 0 Å². The fourth-order valence-electron chi connectivity index (χ4n) is 3.64. The lowest BCUT2D eigenvalue weighted by atomic mass is 9.90. The molecule has 130 valence electrons. The van der Waals surface area contributed by atoms with Crippen LogP contribution in [0.15, 0.2) is 29.2 Å². The molecule has 0 N–H and O–H groups in total. The molecule has 2 aliphatic heterocycles. The summed E-state index contributed by atoms with van der Waals surface area (Å²) in [6.07, 6.45) is 6.23. The first kappa shape index (κ1) is 17.5. The third kappa shape index (κ3) is 4.19. The molecule has 0 aliphatic carbocycles. The average molecular weight is 346 g/mol. The summed E-state index contributed by atoms with van der Waals surface area (Å²) in [5, 5.41) is 0. The average Bonchev–Trinajstić information content (AvgIpc) is 3.14. The fourth-order valence-corrected chi connectivity index (χ4v) is 4.05. The van der Waals surface area contributed by atoms with Gasteiger partial charge in [-0.15, -0.1) is 11.8 Å². The van der Waals surface area contributed by atoms with Crippen LogP contribution in [0.2, 0.25) is 0 Å². The van der Waals surface area contributed by atoms with E-state index >= 15 is 0 Å². The van der Waals surface area contributed by atoms with E-state index in [1.807, 2.05) is 35.4 Å². The number of rotatable bonds is 5. The first-order chi connectivity index (χ1) is 11.7. The van der Waals surface area contributed by atoms with Crippen molar-refractivity contribution < 1.29 is 9.59 Å². The van der Waals surface area contributed by atoms with E-state index in [1.165, 1.54) is 12.8 Å². The standard InChI is InChI=1S/C19H26N2O2S/c1-24-17-8-6-15(7-9-17)19(23)16-5-4-12-21(13-16)18(22)14-20-10-2-3-11-20/h6-9,16H,2-5,10-14H2,1H3/t16-/m0/s1. The molecule has 1 aromatic carbocycles. The molecular formula is C19H26N2O2S. The van der Waals surface area contributed by atoms with Crippen LogP contribution in [-0.2, 0) is 4.79 Å². The second-order valence-corrected chi connectivity index (χ2v) is 7.63. The number of benzene rings is 1. The van der Waals surface area contributed by atoms with Crippen molar-refractivity contribution in [2.45, 2.75) is 30.6 Å². The third-order valence-corrected chi connectivity index (χ3v) is 5.82. The van der Waals surface area contributed by atoms with Gasteiger partial charge in [-0.3, -0.25) is 14.5 Å². The Kier molecular flexibility index (Phi) is 5.95. The topological polar surface area (TPSA) is 40.6 Å². The van der Waals surface area contributed by atoms with E-state index in [0.29, 0.717) is 13.1 Å². The number of carbonyl (C=O) groups excluding carboxylic acids is 2. The molecule has 2 aliphatic rings. The molecule has 0 radical (unpaired) electrons. The van der Waals surface area contributed by atoms with Crippen molar-refractivity contribution in [2.24, 2.45) is 5.92 Å². The lowest BCUT2D eigenvalue weighted by molar-refractivity contribution is -0.133. The van der Waals surface area contributed by atoms with E-state index in [1.54, 1.807) is 11.8 Å². The maximum Gasteiger partial charge on any atom is 0.236 e. The van der Waals surface area contributed by atoms with Crippen LogP contribution in [0.1, 0.15) is 36.0 Å². The van der Waals surface area contributed by atoms with Crippen LogP contribution >= 0.6 is 11.8 Å². The van der Waals surface area contributed by atoms with Gasteiger partial charge in [0.25, 0.3) is 0 Å². The Morgan fingerprint density at radius 2 is 1.79 bits per heavy atom. The van der Waals surface area contributed by atoms with Gasteiger partial charge in [-0.05, 0) is 57.2 Å². The number of piperidine rings is 1. The third-order valence-electron chi connectivity index (χ3n) is 5.08. The lowest BCUT2D eigenvalue weighted by Gasteiger charge is -2.33. The Bertz CT molecular complexity index is 582. The summed E-state index contributed by atoms with van der Waals surface area (Å²) in [6.45, 7) is 3.95. The van der Waals surface area contributed by atoms with Gasteiger partial charge in [0, 0.05) is 29.5 Å². The van der Waals surface area contributed by atoms with Crippen LogP contribution in [0.25, 0.3) is 0 Å². The molecule has 2 saturated heterocycles. The van der Waals surface area contributed by atoms with Crippen molar-refractivity contribution in [3.63, 3.8) is 0 Å². The van der Waals surface area contributed by atoms with Crippen LogP contribution in [0.3, 0.4) is 0 Å². The Labute approximate surface area is 148 Å². The van der Waals surface area contributed by atoms with Gasteiger partial charge in [-0.2, -0.15) is 0 Å². The number of amides is 1. The van der Waals surface area contributed by atoms with Crippen molar-refractivity contribution in [1.29, 1.82) is 0 Å². The van der Waals surface area contributed by atoms with Crippen molar-refractivity contribution in [1.82, 2.24) is 9.80 Å². The van der Waals surface area contributed by atoms with Gasteiger partial charge in [0.1, 0.15) is 0 Å². The normalized spacial score (nSPS) is 21.9. The highest BCUT2D eigenvalue weighted by Crippen LogP contribution is 2.23. The molecule has 0 spiro atoms. The molecule has 0 unspecified atom stereocenters. The fraction of sp³-hybridized carbons (Fsp3) is 0.579. The summed E-state index contributed by atoms with van der Waals surface area (Å²) in [5.41, 5.74) is 0.770.